The predicted octanol–water partition coefficient (Wildman–Crippen LogP) is 3.80. The fourth-order valence-corrected chi connectivity index (χ4v) is 4.26. The van der Waals surface area contributed by atoms with Gasteiger partial charge in [-0.2, -0.15) is 0 Å². The van der Waals surface area contributed by atoms with Crippen molar-refractivity contribution in [2.45, 2.75) is 33.2 Å². The average Bonchev–Trinajstić information content (AvgIpc) is 3.31. The molecule has 2 heterocycles. The van der Waals surface area contributed by atoms with E-state index in [2.05, 4.69) is 10.3 Å². The van der Waals surface area contributed by atoms with Crippen molar-refractivity contribution in [2.24, 2.45) is 5.92 Å². The molecular formula is C25H27FN4O2. The second kappa shape index (κ2) is 9.34. The molecule has 1 saturated heterocycles. The smallest absolute Gasteiger partial charge is 0.253 e. The molecular weight excluding hydrogens is 407 g/mol. The van der Waals surface area contributed by atoms with Crippen LogP contribution in [0.15, 0.2) is 55.1 Å². The minimum atomic E-state index is -0.377. The first-order valence-corrected chi connectivity index (χ1v) is 10.8. The van der Waals surface area contributed by atoms with Crippen LogP contribution in [0.5, 0.6) is 0 Å². The SMILES string of the molecule is Cc1cc(C)cc(C(=O)N2CCCC(C(=O)NCc3ccc(-n4ccnc4)c(F)c3)C2)c1. The molecule has 2 aromatic carbocycles. The average molecular weight is 435 g/mol. The van der Waals surface area contributed by atoms with Gasteiger partial charge < -0.3 is 14.8 Å². The minimum absolute atomic E-state index is 0.0357. The summed E-state index contributed by atoms with van der Waals surface area (Å²) in [5.74, 6) is -0.792. The topological polar surface area (TPSA) is 67.2 Å². The molecule has 166 valence electrons. The lowest BCUT2D eigenvalue weighted by molar-refractivity contribution is -0.126. The maximum absolute atomic E-state index is 14.4. The highest BCUT2D eigenvalue weighted by molar-refractivity contribution is 5.95. The van der Waals surface area contributed by atoms with Gasteiger partial charge in [-0.05, 0) is 56.5 Å². The van der Waals surface area contributed by atoms with Crippen LogP contribution in [-0.2, 0) is 11.3 Å². The Kier molecular flexibility index (Phi) is 6.35. The number of hydrogen-bond acceptors (Lipinski definition) is 3. The van der Waals surface area contributed by atoms with E-state index in [9.17, 15) is 14.0 Å². The quantitative estimate of drug-likeness (QED) is 0.664. The second-order valence-corrected chi connectivity index (χ2v) is 8.44. The lowest BCUT2D eigenvalue weighted by atomic mass is 9.96. The first-order valence-electron chi connectivity index (χ1n) is 10.8. The molecule has 0 aliphatic carbocycles. The monoisotopic (exact) mass is 434 g/mol. The largest absolute Gasteiger partial charge is 0.352 e. The van der Waals surface area contributed by atoms with E-state index < -0.39 is 0 Å². The summed E-state index contributed by atoms with van der Waals surface area (Å²) in [7, 11) is 0. The van der Waals surface area contributed by atoms with Crippen LogP contribution in [0.1, 0.15) is 39.9 Å². The lowest BCUT2D eigenvalue weighted by Crippen LogP contribution is -2.45. The normalized spacial score (nSPS) is 16.1. The van der Waals surface area contributed by atoms with Crippen molar-refractivity contribution in [1.82, 2.24) is 19.8 Å². The number of hydrogen-bond donors (Lipinski definition) is 1. The molecule has 1 fully saturated rings. The first-order chi connectivity index (χ1) is 15.4. The van der Waals surface area contributed by atoms with Gasteiger partial charge in [-0.15, -0.1) is 0 Å². The number of likely N-dealkylation sites (tertiary alicyclic amines) is 1. The second-order valence-electron chi connectivity index (χ2n) is 8.44. The Morgan fingerprint density at radius 1 is 1.16 bits per heavy atom. The molecule has 0 saturated carbocycles. The zero-order chi connectivity index (χ0) is 22.7. The molecule has 32 heavy (non-hydrogen) atoms. The Morgan fingerprint density at radius 2 is 1.94 bits per heavy atom. The summed E-state index contributed by atoms with van der Waals surface area (Å²) >= 11 is 0. The number of rotatable bonds is 5. The summed E-state index contributed by atoms with van der Waals surface area (Å²) in [6, 6.07) is 10.7. The summed E-state index contributed by atoms with van der Waals surface area (Å²) < 4.78 is 16.0. The molecule has 3 aromatic rings. The van der Waals surface area contributed by atoms with Crippen molar-refractivity contribution in [3.05, 3.63) is 83.2 Å². The van der Waals surface area contributed by atoms with Crippen LogP contribution in [0.2, 0.25) is 0 Å². The van der Waals surface area contributed by atoms with Crippen LogP contribution in [0.3, 0.4) is 0 Å². The number of nitrogens with zero attached hydrogens (tertiary/aromatic N) is 3. The van der Waals surface area contributed by atoms with Crippen molar-refractivity contribution < 1.29 is 14.0 Å². The molecule has 4 rings (SSSR count). The molecule has 0 spiro atoms. The fraction of sp³-hybridized carbons (Fsp3) is 0.320. The predicted molar refractivity (Wildman–Crippen MR) is 120 cm³/mol. The maximum atomic E-state index is 14.4. The van der Waals surface area contributed by atoms with E-state index in [1.807, 2.05) is 32.0 Å². The number of halogens is 1. The van der Waals surface area contributed by atoms with Crippen LogP contribution in [0.25, 0.3) is 5.69 Å². The number of benzene rings is 2. The molecule has 2 amide bonds. The molecule has 1 unspecified atom stereocenters. The van der Waals surface area contributed by atoms with Crippen LogP contribution in [-0.4, -0.2) is 39.4 Å². The maximum Gasteiger partial charge on any atom is 0.253 e. The van der Waals surface area contributed by atoms with Gasteiger partial charge in [-0.25, -0.2) is 9.37 Å². The molecule has 1 aliphatic rings. The van der Waals surface area contributed by atoms with Crippen molar-refractivity contribution in [1.29, 1.82) is 0 Å². The van der Waals surface area contributed by atoms with E-state index in [1.165, 1.54) is 12.4 Å². The Bertz CT molecular complexity index is 1110. The fourth-order valence-electron chi connectivity index (χ4n) is 4.26. The van der Waals surface area contributed by atoms with Gasteiger partial charge in [0.2, 0.25) is 5.91 Å². The van der Waals surface area contributed by atoms with Gasteiger partial charge in [0.1, 0.15) is 5.82 Å². The molecule has 1 atom stereocenters. The van der Waals surface area contributed by atoms with Crippen LogP contribution >= 0.6 is 0 Å². The third-order valence-corrected chi connectivity index (χ3v) is 5.81. The Morgan fingerprint density at radius 3 is 2.62 bits per heavy atom. The third kappa shape index (κ3) is 4.88. The van der Waals surface area contributed by atoms with E-state index in [1.54, 1.807) is 34.0 Å². The van der Waals surface area contributed by atoms with E-state index in [4.69, 9.17) is 0 Å². The minimum Gasteiger partial charge on any atom is -0.352 e. The van der Waals surface area contributed by atoms with Gasteiger partial charge in [0.05, 0.1) is 17.9 Å². The summed E-state index contributed by atoms with van der Waals surface area (Å²) in [4.78, 5) is 31.4. The number of imidazole rings is 1. The van der Waals surface area contributed by atoms with Crippen molar-refractivity contribution >= 4 is 11.8 Å². The van der Waals surface area contributed by atoms with Gasteiger partial charge in [0.15, 0.2) is 0 Å². The summed E-state index contributed by atoms with van der Waals surface area (Å²) in [5, 5.41) is 2.90. The van der Waals surface area contributed by atoms with Gasteiger partial charge in [0.25, 0.3) is 5.91 Å². The highest BCUT2D eigenvalue weighted by Crippen LogP contribution is 2.21. The number of aryl methyl sites for hydroxylation is 2. The Hall–Kier alpha value is -3.48. The number of carbonyl (C=O) groups excluding carboxylic acids is 2. The molecule has 6 nitrogen and oxygen atoms in total. The van der Waals surface area contributed by atoms with Gasteiger partial charge >= 0.3 is 0 Å². The van der Waals surface area contributed by atoms with Crippen molar-refractivity contribution in [2.75, 3.05) is 13.1 Å². The Labute approximate surface area is 187 Å². The van der Waals surface area contributed by atoms with Gasteiger partial charge in [0, 0.05) is 37.6 Å². The van der Waals surface area contributed by atoms with Crippen molar-refractivity contribution in [3.63, 3.8) is 0 Å². The van der Waals surface area contributed by atoms with Gasteiger partial charge in [-0.3, -0.25) is 9.59 Å². The van der Waals surface area contributed by atoms with E-state index in [0.29, 0.717) is 29.9 Å². The van der Waals surface area contributed by atoms with Crippen LogP contribution < -0.4 is 5.32 Å². The number of carbonyl (C=O) groups is 2. The van der Waals surface area contributed by atoms with Gasteiger partial charge in [-0.1, -0.05) is 23.3 Å². The summed E-state index contributed by atoms with van der Waals surface area (Å²) in [6.45, 7) is 5.23. The third-order valence-electron chi connectivity index (χ3n) is 5.81. The van der Waals surface area contributed by atoms with E-state index >= 15 is 0 Å². The summed E-state index contributed by atoms with van der Waals surface area (Å²) in [6.07, 6.45) is 6.31. The zero-order valence-electron chi connectivity index (χ0n) is 18.3. The molecule has 0 radical (unpaired) electrons. The molecule has 1 N–H and O–H groups in total. The standard InChI is InChI=1S/C25H27FN4O2/c1-17-10-18(2)12-21(11-17)25(32)29-8-3-4-20(15-29)24(31)28-14-19-5-6-23(22(26)13-19)30-9-7-27-16-30/h5-7,9-13,16,20H,3-4,8,14-15H2,1-2H3,(H,28,31). The molecule has 7 heteroatoms. The zero-order valence-corrected chi connectivity index (χ0v) is 18.3. The highest BCUT2D eigenvalue weighted by Gasteiger charge is 2.29. The highest BCUT2D eigenvalue weighted by atomic mass is 19.1. The number of amides is 2. The first kappa shape index (κ1) is 21.7. The van der Waals surface area contributed by atoms with E-state index in [0.717, 1.165) is 24.0 Å². The molecule has 1 aromatic heterocycles. The van der Waals surface area contributed by atoms with Crippen LogP contribution in [0.4, 0.5) is 4.39 Å². The van der Waals surface area contributed by atoms with Crippen LogP contribution in [0, 0.1) is 25.6 Å². The number of aromatic nitrogens is 2. The number of nitrogens with one attached hydrogen (secondary N) is 1. The molecule has 0 bridgehead atoms. The molecule has 1 aliphatic heterocycles. The van der Waals surface area contributed by atoms with Crippen molar-refractivity contribution in [3.8, 4) is 5.69 Å². The number of piperidine rings is 1. The summed E-state index contributed by atoms with van der Waals surface area (Å²) in [5.41, 5.74) is 3.85. The lowest BCUT2D eigenvalue weighted by Gasteiger charge is -2.32. The Balaban J connectivity index is 1.36. The van der Waals surface area contributed by atoms with E-state index in [-0.39, 0.29) is 30.1 Å².